The molecule has 0 aliphatic heterocycles. The summed E-state index contributed by atoms with van der Waals surface area (Å²) in [4.78, 5) is 11.6. The lowest BCUT2D eigenvalue weighted by atomic mass is 10.2. The van der Waals surface area contributed by atoms with Crippen molar-refractivity contribution in [3.05, 3.63) is 34.6 Å². The van der Waals surface area contributed by atoms with E-state index in [4.69, 9.17) is 16.9 Å². The topological polar surface area (TPSA) is 52.9 Å². The van der Waals surface area contributed by atoms with Crippen molar-refractivity contribution in [2.45, 2.75) is 19.3 Å². The zero-order valence-corrected chi connectivity index (χ0v) is 9.93. The summed E-state index contributed by atoms with van der Waals surface area (Å²) in [5.41, 5.74) is -0.130. The van der Waals surface area contributed by atoms with Crippen LogP contribution in [0.5, 0.6) is 0 Å². The fraction of sp³-hybridized carbons (Fsp3) is 0.333. The molecular formula is C12H12ClFN2O. The van der Waals surface area contributed by atoms with Crippen molar-refractivity contribution >= 4 is 17.5 Å². The first-order valence-electron chi connectivity index (χ1n) is 5.26. The molecule has 0 heterocycles. The van der Waals surface area contributed by atoms with Crippen LogP contribution in [0.1, 0.15) is 29.6 Å². The first-order chi connectivity index (χ1) is 8.16. The van der Waals surface area contributed by atoms with Gasteiger partial charge in [-0.05, 0) is 25.0 Å². The maximum absolute atomic E-state index is 13.3. The molecule has 0 atom stereocenters. The predicted octanol–water partition coefficient (Wildman–Crippen LogP) is 2.90. The van der Waals surface area contributed by atoms with Crippen molar-refractivity contribution in [2.24, 2.45) is 0 Å². The van der Waals surface area contributed by atoms with Gasteiger partial charge >= 0.3 is 0 Å². The molecule has 1 aromatic carbocycles. The minimum Gasteiger partial charge on any atom is -0.352 e. The second kappa shape index (κ2) is 6.87. The van der Waals surface area contributed by atoms with Gasteiger partial charge in [0.15, 0.2) is 0 Å². The van der Waals surface area contributed by atoms with E-state index in [1.54, 1.807) is 0 Å². The fourth-order valence-corrected chi connectivity index (χ4v) is 1.58. The van der Waals surface area contributed by atoms with E-state index in [9.17, 15) is 9.18 Å². The number of amides is 1. The maximum atomic E-state index is 13.3. The van der Waals surface area contributed by atoms with Gasteiger partial charge in [0.1, 0.15) is 5.82 Å². The highest BCUT2D eigenvalue weighted by Crippen LogP contribution is 2.18. The van der Waals surface area contributed by atoms with E-state index < -0.39 is 11.7 Å². The van der Waals surface area contributed by atoms with Gasteiger partial charge in [0, 0.05) is 13.0 Å². The summed E-state index contributed by atoms with van der Waals surface area (Å²) in [6, 6.07) is 6.12. The quantitative estimate of drug-likeness (QED) is 0.822. The van der Waals surface area contributed by atoms with E-state index in [-0.39, 0.29) is 10.6 Å². The smallest absolute Gasteiger partial charge is 0.255 e. The van der Waals surface area contributed by atoms with Crippen LogP contribution in [0.25, 0.3) is 0 Å². The Kier molecular flexibility index (Phi) is 5.44. The summed E-state index contributed by atoms with van der Waals surface area (Å²) < 4.78 is 13.3. The summed E-state index contributed by atoms with van der Waals surface area (Å²) in [5.74, 6) is -1.16. The molecule has 1 amide bonds. The third-order valence-corrected chi connectivity index (χ3v) is 2.51. The highest BCUT2D eigenvalue weighted by atomic mass is 35.5. The minimum atomic E-state index is -0.632. The van der Waals surface area contributed by atoms with Crippen molar-refractivity contribution in [1.29, 1.82) is 5.26 Å². The van der Waals surface area contributed by atoms with Crippen LogP contribution in [0.2, 0.25) is 5.02 Å². The molecule has 0 unspecified atom stereocenters. The van der Waals surface area contributed by atoms with Crippen LogP contribution < -0.4 is 5.32 Å². The molecule has 1 N–H and O–H groups in total. The standard InChI is InChI=1S/C12H12ClFN2O/c13-9-5-4-6-10(14)11(9)12(17)16-8-3-1-2-7-15/h4-6H,1-3,8H2,(H,16,17). The third-order valence-electron chi connectivity index (χ3n) is 2.19. The van der Waals surface area contributed by atoms with Gasteiger partial charge in [0.2, 0.25) is 0 Å². The van der Waals surface area contributed by atoms with Gasteiger partial charge in [-0.1, -0.05) is 17.7 Å². The van der Waals surface area contributed by atoms with E-state index in [1.807, 2.05) is 6.07 Å². The fourth-order valence-electron chi connectivity index (χ4n) is 1.33. The second-order valence-electron chi connectivity index (χ2n) is 3.47. The van der Waals surface area contributed by atoms with Gasteiger partial charge in [-0.3, -0.25) is 4.79 Å². The average Bonchev–Trinajstić information content (AvgIpc) is 2.28. The molecule has 5 heteroatoms. The lowest BCUT2D eigenvalue weighted by Crippen LogP contribution is -2.25. The second-order valence-corrected chi connectivity index (χ2v) is 3.87. The third kappa shape index (κ3) is 4.04. The average molecular weight is 255 g/mol. The number of halogens is 2. The molecule has 0 saturated heterocycles. The Morgan fingerprint density at radius 2 is 2.24 bits per heavy atom. The Labute approximate surface area is 104 Å². The molecule has 0 spiro atoms. The van der Waals surface area contributed by atoms with Crippen LogP contribution in [-0.4, -0.2) is 12.5 Å². The molecule has 0 aliphatic rings. The lowest BCUT2D eigenvalue weighted by molar-refractivity contribution is 0.0949. The Morgan fingerprint density at radius 1 is 1.47 bits per heavy atom. The van der Waals surface area contributed by atoms with E-state index in [2.05, 4.69) is 5.32 Å². The Hall–Kier alpha value is -1.60. The van der Waals surface area contributed by atoms with Crippen molar-refractivity contribution in [3.63, 3.8) is 0 Å². The number of hydrogen-bond acceptors (Lipinski definition) is 2. The Balaban J connectivity index is 2.51. The number of nitrogens with one attached hydrogen (secondary N) is 1. The number of hydrogen-bond donors (Lipinski definition) is 1. The van der Waals surface area contributed by atoms with Crippen LogP contribution in [0, 0.1) is 17.1 Å². The number of unbranched alkanes of at least 4 members (excludes halogenated alkanes) is 2. The van der Waals surface area contributed by atoms with Crippen LogP contribution >= 0.6 is 11.6 Å². The maximum Gasteiger partial charge on any atom is 0.255 e. The van der Waals surface area contributed by atoms with Crippen molar-refractivity contribution in [3.8, 4) is 6.07 Å². The molecular weight excluding hydrogens is 243 g/mol. The summed E-state index contributed by atoms with van der Waals surface area (Å²) in [5, 5.41) is 11.0. The highest BCUT2D eigenvalue weighted by Gasteiger charge is 2.14. The molecule has 3 nitrogen and oxygen atoms in total. The molecule has 0 aliphatic carbocycles. The molecule has 0 radical (unpaired) electrons. The number of rotatable bonds is 5. The van der Waals surface area contributed by atoms with Gasteiger partial charge < -0.3 is 5.32 Å². The van der Waals surface area contributed by atoms with Crippen molar-refractivity contribution in [1.82, 2.24) is 5.32 Å². The number of nitrogens with zero attached hydrogens (tertiary/aromatic N) is 1. The largest absolute Gasteiger partial charge is 0.352 e. The van der Waals surface area contributed by atoms with E-state index >= 15 is 0 Å². The van der Waals surface area contributed by atoms with Crippen LogP contribution in [-0.2, 0) is 0 Å². The first-order valence-corrected chi connectivity index (χ1v) is 5.63. The molecule has 0 bridgehead atoms. The highest BCUT2D eigenvalue weighted by molar-refractivity contribution is 6.33. The lowest BCUT2D eigenvalue weighted by Gasteiger charge is -2.06. The molecule has 1 rings (SSSR count). The number of carbonyl (C=O) groups excluding carboxylic acids is 1. The number of carbonyl (C=O) groups is 1. The van der Waals surface area contributed by atoms with Gasteiger partial charge in [-0.25, -0.2) is 4.39 Å². The summed E-state index contributed by atoms with van der Waals surface area (Å²) in [7, 11) is 0. The number of benzene rings is 1. The van der Waals surface area contributed by atoms with Gasteiger partial charge in [0.25, 0.3) is 5.91 Å². The summed E-state index contributed by atoms with van der Waals surface area (Å²) in [6.07, 6.45) is 1.85. The molecule has 17 heavy (non-hydrogen) atoms. The van der Waals surface area contributed by atoms with Crippen LogP contribution in [0.15, 0.2) is 18.2 Å². The molecule has 0 saturated carbocycles. The summed E-state index contributed by atoms with van der Waals surface area (Å²) >= 11 is 5.74. The number of nitriles is 1. The summed E-state index contributed by atoms with van der Waals surface area (Å²) in [6.45, 7) is 0.408. The van der Waals surface area contributed by atoms with E-state index in [0.29, 0.717) is 25.8 Å². The van der Waals surface area contributed by atoms with Crippen molar-refractivity contribution < 1.29 is 9.18 Å². The molecule has 90 valence electrons. The van der Waals surface area contributed by atoms with Crippen LogP contribution in [0.4, 0.5) is 4.39 Å². The van der Waals surface area contributed by atoms with Gasteiger partial charge in [-0.2, -0.15) is 5.26 Å². The predicted molar refractivity (Wildman–Crippen MR) is 63.2 cm³/mol. The van der Waals surface area contributed by atoms with E-state index in [0.717, 1.165) is 0 Å². The zero-order valence-electron chi connectivity index (χ0n) is 9.17. The van der Waals surface area contributed by atoms with Gasteiger partial charge in [0.05, 0.1) is 16.7 Å². The van der Waals surface area contributed by atoms with Gasteiger partial charge in [-0.15, -0.1) is 0 Å². The molecule has 1 aromatic rings. The first kappa shape index (κ1) is 13.5. The minimum absolute atomic E-state index is 0.0968. The van der Waals surface area contributed by atoms with E-state index in [1.165, 1.54) is 18.2 Å². The SMILES string of the molecule is N#CCCCCNC(=O)c1c(F)cccc1Cl. The van der Waals surface area contributed by atoms with Crippen molar-refractivity contribution in [2.75, 3.05) is 6.54 Å². The monoisotopic (exact) mass is 254 g/mol. The molecule has 0 aromatic heterocycles. The normalized spacial score (nSPS) is 9.71. The Morgan fingerprint density at radius 3 is 2.88 bits per heavy atom. The zero-order chi connectivity index (χ0) is 12.7. The van der Waals surface area contributed by atoms with Crippen LogP contribution in [0.3, 0.4) is 0 Å². The Bertz CT molecular complexity index is 422. The molecule has 0 fully saturated rings.